The van der Waals surface area contributed by atoms with E-state index in [2.05, 4.69) is 6.07 Å². The Morgan fingerprint density at radius 3 is 2.25 bits per heavy atom. The van der Waals surface area contributed by atoms with Crippen molar-refractivity contribution < 1.29 is 19.1 Å². The molecule has 0 amide bonds. The summed E-state index contributed by atoms with van der Waals surface area (Å²) in [7, 11) is 0. The average Bonchev–Trinajstić information content (AvgIpc) is 2.47. The Bertz CT molecular complexity index is 399. The maximum Gasteiger partial charge on any atom is 0.339 e. The molecule has 0 saturated heterocycles. The maximum absolute atomic E-state index is 11.9. The van der Waals surface area contributed by atoms with E-state index >= 15 is 0 Å². The van der Waals surface area contributed by atoms with E-state index in [1.54, 1.807) is 18.2 Å². The summed E-state index contributed by atoms with van der Waals surface area (Å²) in [5.41, 5.74) is 0.357. The number of ether oxygens (including phenoxy) is 2. The Morgan fingerprint density at radius 1 is 1.05 bits per heavy atom. The molecular formula is C16H21O4. The summed E-state index contributed by atoms with van der Waals surface area (Å²) in [5.74, 6) is -1.03. The lowest BCUT2D eigenvalue weighted by Gasteiger charge is -2.09. The van der Waals surface area contributed by atoms with Gasteiger partial charge in [-0.05, 0) is 25.0 Å². The highest BCUT2D eigenvalue weighted by Gasteiger charge is 2.18. The van der Waals surface area contributed by atoms with Gasteiger partial charge < -0.3 is 9.47 Å². The summed E-state index contributed by atoms with van der Waals surface area (Å²) < 4.78 is 10.2. The van der Waals surface area contributed by atoms with E-state index in [0.717, 1.165) is 25.7 Å². The third kappa shape index (κ3) is 5.03. The number of esters is 2. The SMILES string of the molecule is CCCCOC(=O)c1[c]cccc1C(=O)OCCCC. The fraction of sp³-hybridized carbons (Fsp3) is 0.500. The van der Waals surface area contributed by atoms with Crippen LogP contribution in [-0.2, 0) is 9.47 Å². The van der Waals surface area contributed by atoms with Crippen LogP contribution in [-0.4, -0.2) is 25.2 Å². The van der Waals surface area contributed by atoms with Crippen LogP contribution in [0.1, 0.15) is 60.2 Å². The van der Waals surface area contributed by atoms with Crippen molar-refractivity contribution in [2.45, 2.75) is 39.5 Å². The Morgan fingerprint density at radius 2 is 1.65 bits per heavy atom. The molecule has 1 aromatic carbocycles. The van der Waals surface area contributed by atoms with Gasteiger partial charge >= 0.3 is 11.9 Å². The van der Waals surface area contributed by atoms with Gasteiger partial charge in [-0.1, -0.05) is 38.8 Å². The van der Waals surface area contributed by atoms with Crippen LogP contribution in [0.3, 0.4) is 0 Å². The number of hydrogen-bond donors (Lipinski definition) is 0. The van der Waals surface area contributed by atoms with Crippen molar-refractivity contribution in [2.75, 3.05) is 13.2 Å². The third-order valence-corrected chi connectivity index (χ3v) is 2.74. The quantitative estimate of drug-likeness (QED) is 0.540. The molecule has 0 aromatic heterocycles. The van der Waals surface area contributed by atoms with Crippen molar-refractivity contribution in [1.29, 1.82) is 0 Å². The number of carbonyl (C=O) groups excluding carboxylic acids is 2. The summed E-state index contributed by atoms with van der Waals surface area (Å²) in [6.07, 6.45) is 3.49. The second-order valence-electron chi connectivity index (χ2n) is 4.44. The molecule has 0 heterocycles. The number of hydrogen-bond acceptors (Lipinski definition) is 4. The summed E-state index contributed by atoms with van der Waals surface area (Å²) in [6.45, 7) is 4.73. The lowest BCUT2D eigenvalue weighted by Crippen LogP contribution is -2.15. The minimum Gasteiger partial charge on any atom is -0.462 e. The minimum atomic E-state index is -0.526. The van der Waals surface area contributed by atoms with Crippen LogP contribution in [0.4, 0.5) is 0 Å². The predicted molar refractivity (Wildman–Crippen MR) is 75.7 cm³/mol. The van der Waals surface area contributed by atoms with Gasteiger partial charge in [0.15, 0.2) is 0 Å². The molecule has 1 rings (SSSR count). The molecule has 0 unspecified atom stereocenters. The number of benzene rings is 1. The second-order valence-corrected chi connectivity index (χ2v) is 4.44. The predicted octanol–water partition coefficient (Wildman–Crippen LogP) is 3.40. The van der Waals surface area contributed by atoms with Gasteiger partial charge in [-0.3, -0.25) is 0 Å². The molecule has 4 heteroatoms. The van der Waals surface area contributed by atoms with Gasteiger partial charge in [0.25, 0.3) is 0 Å². The number of carbonyl (C=O) groups is 2. The van der Waals surface area contributed by atoms with Crippen LogP contribution in [0, 0.1) is 6.07 Å². The van der Waals surface area contributed by atoms with Crippen molar-refractivity contribution in [1.82, 2.24) is 0 Å². The number of unbranched alkanes of at least 4 members (excludes halogenated alkanes) is 2. The lowest BCUT2D eigenvalue weighted by atomic mass is 10.1. The Balaban J connectivity index is 2.71. The van der Waals surface area contributed by atoms with Crippen molar-refractivity contribution in [2.24, 2.45) is 0 Å². The minimum absolute atomic E-state index is 0.144. The standard InChI is InChI=1S/C16H21O4/c1-3-5-11-19-15(17)13-9-7-8-10-14(13)16(18)20-12-6-4-2/h7-9H,3-6,11-12H2,1-2H3. The molecule has 20 heavy (non-hydrogen) atoms. The highest BCUT2D eigenvalue weighted by Crippen LogP contribution is 2.12. The van der Waals surface area contributed by atoms with Crippen molar-refractivity contribution in [3.8, 4) is 0 Å². The molecule has 0 saturated carbocycles. The smallest absolute Gasteiger partial charge is 0.339 e. The molecule has 109 valence electrons. The zero-order valence-electron chi connectivity index (χ0n) is 12.1. The zero-order valence-corrected chi connectivity index (χ0v) is 12.1. The number of rotatable bonds is 8. The molecule has 4 nitrogen and oxygen atoms in total. The van der Waals surface area contributed by atoms with Gasteiger partial charge in [-0.25, -0.2) is 9.59 Å². The first-order valence-electron chi connectivity index (χ1n) is 7.05. The highest BCUT2D eigenvalue weighted by atomic mass is 16.5. The largest absolute Gasteiger partial charge is 0.462 e. The van der Waals surface area contributed by atoms with Gasteiger partial charge in [-0.2, -0.15) is 0 Å². The van der Waals surface area contributed by atoms with Gasteiger partial charge in [-0.15, -0.1) is 0 Å². The molecule has 1 radical (unpaired) electrons. The normalized spacial score (nSPS) is 10.1. The first kappa shape index (κ1) is 16.2. The van der Waals surface area contributed by atoms with Crippen LogP contribution in [0.25, 0.3) is 0 Å². The Hall–Kier alpha value is -1.84. The fourth-order valence-electron chi connectivity index (χ4n) is 1.54. The van der Waals surface area contributed by atoms with E-state index in [4.69, 9.17) is 9.47 Å². The maximum atomic E-state index is 11.9. The van der Waals surface area contributed by atoms with Crippen molar-refractivity contribution in [3.05, 3.63) is 35.4 Å². The third-order valence-electron chi connectivity index (χ3n) is 2.74. The summed E-state index contributed by atoms with van der Waals surface area (Å²) in [5, 5.41) is 0. The average molecular weight is 277 g/mol. The van der Waals surface area contributed by atoms with Gasteiger partial charge in [0.05, 0.1) is 24.3 Å². The van der Waals surface area contributed by atoms with E-state index in [1.807, 2.05) is 13.8 Å². The van der Waals surface area contributed by atoms with Crippen molar-refractivity contribution >= 4 is 11.9 Å². The molecule has 1 aromatic rings. The first-order valence-corrected chi connectivity index (χ1v) is 7.05. The monoisotopic (exact) mass is 277 g/mol. The van der Waals surface area contributed by atoms with Crippen molar-refractivity contribution in [3.63, 3.8) is 0 Å². The summed E-state index contributed by atoms with van der Waals surface area (Å²) in [6, 6.07) is 7.55. The molecule has 0 N–H and O–H groups in total. The van der Waals surface area contributed by atoms with Gasteiger partial charge in [0.2, 0.25) is 0 Å². The van der Waals surface area contributed by atoms with E-state index in [1.165, 1.54) is 0 Å². The van der Waals surface area contributed by atoms with Crippen LogP contribution in [0.15, 0.2) is 18.2 Å². The van der Waals surface area contributed by atoms with Gasteiger partial charge in [0, 0.05) is 0 Å². The van der Waals surface area contributed by atoms with Crippen LogP contribution >= 0.6 is 0 Å². The first-order chi connectivity index (χ1) is 9.70. The molecule has 0 aliphatic heterocycles. The molecular weight excluding hydrogens is 256 g/mol. The van der Waals surface area contributed by atoms with Crippen LogP contribution in [0.5, 0.6) is 0 Å². The van der Waals surface area contributed by atoms with Crippen LogP contribution < -0.4 is 0 Å². The topological polar surface area (TPSA) is 52.6 Å². The van der Waals surface area contributed by atoms with Crippen LogP contribution in [0.2, 0.25) is 0 Å². The zero-order chi connectivity index (χ0) is 14.8. The molecule has 0 bridgehead atoms. The molecule has 0 aliphatic carbocycles. The van der Waals surface area contributed by atoms with E-state index < -0.39 is 11.9 Å². The highest BCUT2D eigenvalue weighted by molar-refractivity contribution is 6.02. The summed E-state index contributed by atoms with van der Waals surface area (Å²) in [4.78, 5) is 23.8. The summed E-state index contributed by atoms with van der Waals surface area (Å²) >= 11 is 0. The molecule has 0 atom stereocenters. The van der Waals surface area contributed by atoms with Gasteiger partial charge in [0.1, 0.15) is 0 Å². The molecule has 0 spiro atoms. The second kappa shape index (κ2) is 9.13. The van der Waals surface area contributed by atoms with E-state index in [9.17, 15) is 9.59 Å². The van der Waals surface area contributed by atoms with E-state index in [0.29, 0.717) is 13.2 Å². The fourth-order valence-corrected chi connectivity index (χ4v) is 1.54. The Kier molecular flexibility index (Phi) is 7.40. The molecule has 0 fully saturated rings. The Labute approximate surface area is 120 Å². The van der Waals surface area contributed by atoms with E-state index in [-0.39, 0.29) is 11.1 Å². The lowest BCUT2D eigenvalue weighted by molar-refractivity contribution is 0.0452. The molecule has 0 aliphatic rings.